The number of benzene rings is 2. The predicted molar refractivity (Wildman–Crippen MR) is 107 cm³/mol. The molecule has 1 amide bonds. The summed E-state index contributed by atoms with van der Waals surface area (Å²) < 4.78 is 11.5. The molecule has 1 saturated carbocycles. The van der Waals surface area contributed by atoms with Gasteiger partial charge in [0.1, 0.15) is 11.4 Å². The van der Waals surface area contributed by atoms with E-state index < -0.39 is 11.8 Å². The molecule has 0 bridgehead atoms. The van der Waals surface area contributed by atoms with Crippen LogP contribution in [0.25, 0.3) is 0 Å². The molecule has 3 N–H and O–H groups in total. The quantitative estimate of drug-likeness (QED) is 0.787. The fourth-order valence-corrected chi connectivity index (χ4v) is 4.68. The van der Waals surface area contributed by atoms with E-state index in [0.29, 0.717) is 22.8 Å². The van der Waals surface area contributed by atoms with Crippen molar-refractivity contribution in [1.29, 1.82) is 0 Å². The van der Waals surface area contributed by atoms with Crippen LogP contribution < -0.4 is 15.2 Å². The summed E-state index contributed by atoms with van der Waals surface area (Å²) in [6.07, 6.45) is 4.11. The molecule has 1 aliphatic heterocycles. The maximum atomic E-state index is 12.5. The zero-order chi connectivity index (χ0) is 19.9. The number of ether oxygens (including phenoxy) is 2. The molecule has 4 rings (SSSR count). The van der Waals surface area contributed by atoms with Crippen LogP contribution >= 0.6 is 11.6 Å². The molecule has 2 aromatic rings. The summed E-state index contributed by atoms with van der Waals surface area (Å²) in [6.45, 7) is 0. The number of nitrogens with two attached hydrogens (primary N) is 1. The van der Waals surface area contributed by atoms with Gasteiger partial charge >= 0.3 is 0 Å². The molecule has 28 heavy (non-hydrogen) atoms. The van der Waals surface area contributed by atoms with E-state index in [-0.39, 0.29) is 17.3 Å². The number of methoxy groups -OCH3 is 1. The van der Waals surface area contributed by atoms with Crippen molar-refractivity contribution < 1.29 is 19.4 Å². The first-order valence-corrected chi connectivity index (χ1v) is 9.93. The normalized spacial score (nSPS) is 20.6. The Labute approximate surface area is 169 Å². The molecule has 0 radical (unpaired) electrons. The minimum atomic E-state index is -0.489. The highest BCUT2D eigenvalue weighted by Crippen LogP contribution is 2.53. The summed E-state index contributed by atoms with van der Waals surface area (Å²) in [5.74, 6) is 0.207. The molecule has 1 fully saturated rings. The molecule has 2 aromatic carbocycles. The Balaban J connectivity index is 1.73. The molecule has 2 unspecified atom stereocenters. The van der Waals surface area contributed by atoms with Gasteiger partial charge in [-0.05, 0) is 67.5 Å². The zero-order valence-corrected chi connectivity index (χ0v) is 16.5. The molecule has 6 heteroatoms. The first kappa shape index (κ1) is 18.9. The number of primary amides is 1. The molecule has 2 atom stereocenters. The van der Waals surface area contributed by atoms with Gasteiger partial charge in [0.05, 0.1) is 7.11 Å². The number of rotatable bonds is 5. The minimum Gasteiger partial charge on any atom is -0.504 e. The van der Waals surface area contributed by atoms with Crippen LogP contribution in [0, 0.1) is 5.92 Å². The monoisotopic (exact) mass is 401 g/mol. The first-order valence-electron chi connectivity index (χ1n) is 9.55. The number of para-hydroxylation sites is 1. The highest BCUT2D eigenvalue weighted by Gasteiger charge is 2.48. The molecule has 1 heterocycles. The van der Waals surface area contributed by atoms with Gasteiger partial charge in [-0.25, -0.2) is 0 Å². The van der Waals surface area contributed by atoms with E-state index in [0.717, 1.165) is 37.0 Å². The topological polar surface area (TPSA) is 81.8 Å². The lowest BCUT2D eigenvalue weighted by Gasteiger charge is -2.49. The van der Waals surface area contributed by atoms with Gasteiger partial charge in [0, 0.05) is 16.9 Å². The fraction of sp³-hybridized carbons (Fsp3) is 0.409. The third-order valence-electron chi connectivity index (χ3n) is 6.15. The number of carbonyl (C=O) groups excluding carboxylic acids is 1. The van der Waals surface area contributed by atoms with E-state index in [2.05, 4.69) is 0 Å². The third-order valence-corrected chi connectivity index (χ3v) is 6.38. The number of halogens is 1. The van der Waals surface area contributed by atoms with Crippen LogP contribution in [0.1, 0.15) is 42.7 Å². The number of carbonyl (C=O) groups is 1. The van der Waals surface area contributed by atoms with E-state index >= 15 is 0 Å². The fourth-order valence-electron chi connectivity index (χ4n) is 4.50. The van der Waals surface area contributed by atoms with Gasteiger partial charge in [-0.1, -0.05) is 23.7 Å². The summed E-state index contributed by atoms with van der Waals surface area (Å²) in [6, 6.07) is 10.8. The number of phenols is 1. The van der Waals surface area contributed by atoms with Crippen molar-refractivity contribution in [3.63, 3.8) is 0 Å². The van der Waals surface area contributed by atoms with Crippen molar-refractivity contribution in [2.45, 2.75) is 43.6 Å². The number of phenolic OH excluding ortho intramolecular Hbond substituents is 1. The Kier molecular flexibility index (Phi) is 4.88. The van der Waals surface area contributed by atoms with Gasteiger partial charge in [0.2, 0.25) is 5.91 Å². The molecule has 2 aliphatic rings. The van der Waals surface area contributed by atoms with E-state index in [9.17, 15) is 9.90 Å². The highest BCUT2D eigenvalue weighted by molar-refractivity contribution is 6.30. The molecule has 1 aliphatic carbocycles. The van der Waals surface area contributed by atoms with E-state index in [1.165, 1.54) is 7.11 Å². The minimum absolute atomic E-state index is 0.0491. The average Bonchev–Trinajstić information content (AvgIpc) is 2.65. The maximum absolute atomic E-state index is 12.5. The van der Waals surface area contributed by atoms with Crippen LogP contribution in [0.15, 0.2) is 36.4 Å². The lowest BCUT2D eigenvalue weighted by atomic mass is 9.66. The Bertz CT molecular complexity index is 909. The SMILES string of the molecule is COc1cccc(CC(C(N)=O)C2CC3(CCC3)Oc3ccc(Cl)cc32)c1O. The van der Waals surface area contributed by atoms with Crippen LogP contribution in [0.2, 0.25) is 5.02 Å². The zero-order valence-electron chi connectivity index (χ0n) is 15.8. The second-order valence-corrected chi connectivity index (χ2v) is 8.25. The van der Waals surface area contributed by atoms with Crippen LogP contribution in [0.4, 0.5) is 0 Å². The Morgan fingerprint density at radius 1 is 1.39 bits per heavy atom. The second-order valence-electron chi connectivity index (χ2n) is 7.81. The molecule has 0 aromatic heterocycles. The molecular formula is C22H24ClNO4. The number of fused-ring (bicyclic) bond motifs is 1. The molecule has 148 valence electrons. The highest BCUT2D eigenvalue weighted by atomic mass is 35.5. The molecule has 0 saturated heterocycles. The van der Waals surface area contributed by atoms with Crippen molar-refractivity contribution in [2.75, 3.05) is 7.11 Å². The average molecular weight is 402 g/mol. The first-order chi connectivity index (χ1) is 13.4. The van der Waals surface area contributed by atoms with Gasteiger partial charge < -0.3 is 20.3 Å². The summed E-state index contributed by atoms with van der Waals surface area (Å²) >= 11 is 6.24. The Morgan fingerprint density at radius 2 is 2.18 bits per heavy atom. The smallest absolute Gasteiger partial charge is 0.221 e. The summed E-state index contributed by atoms with van der Waals surface area (Å²) in [5, 5.41) is 11.1. The summed E-state index contributed by atoms with van der Waals surface area (Å²) in [5.41, 5.74) is 7.18. The Morgan fingerprint density at radius 3 is 2.82 bits per heavy atom. The van der Waals surface area contributed by atoms with E-state index in [4.69, 9.17) is 26.8 Å². The largest absolute Gasteiger partial charge is 0.504 e. The maximum Gasteiger partial charge on any atom is 0.221 e. The van der Waals surface area contributed by atoms with Gasteiger partial charge in [0.25, 0.3) is 0 Å². The van der Waals surface area contributed by atoms with Crippen LogP contribution in [-0.2, 0) is 11.2 Å². The molecule has 5 nitrogen and oxygen atoms in total. The van der Waals surface area contributed by atoms with Crippen molar-refractivity contribution in [2.24, 2.45) is 11.7 Å². The summed E-state index contributed by atoms with van der Waals surface area (Å²) in [4.78, 5) is 12.5. The lowest BCUT2D eigenvalue weighted by molar-refractivity contribution is -0.124. The van der Waals surface area contributed by atoms with Crippen molar-refractivity contribution >= 4 is 17.5 Å². The summed E-state index contributed by atoms with van der Waals surface area (Å²) in [7, 11) is 1.50. The third kappa shape index (κ3) is 3.28. The van der Waals surface area contributed by atoms with Crippen LogP contribution in [-0.4, -0.2) is 23.7 Å². The number of amides is 1. The molecular weight excluding hydrogens is 378 g/mol. The van der Waals surface area contributed by atoms with Gasteiger partial charge in [-0.3, -0.25) is 4.79 Å². The second kappa shape index (κ2) is 7.21. The number of hydrogen-bond donors (Lipinski definition) is 2. The lowest BCUT2D eigenvalue weighted by Crippen LogP contribution is -2.49. The van der Waals surface area contributed by atoms with Crippen molar-refractivity contribution in [3.05, 3.63) is 52.5 Å². The van der Waals surface area contributed by atoms with Crippen LogP contribution in [0.5, 0.6) is 17.2 Å². The van der Waals surface area contributed by atoms with E-state index in [1.807, 2.05) is 18.2 Å². The molecule has 1 spiro atoms. The van der Waals surface area contributed by atoms with Gasteiger partial charge in [-0.2, -0.15) is 0 Å². The van der Waals surface area contributed by atoms with Crippen molar-refractivity contribution in [1.82, 2.24) is 0 Å². The predicted octanol–water partition coefficient (Wildman–Crippen LogP) is 4.19. The van der Waals surface area contributed by atoms with E-state index in [1.54, 1.807) is 18.2 Å². The number of aromatic hydroxyl groups is 1. The number of hydrogen-bond acceptors (Lipinski definition) is 4. The van der Waals surface area contributed by atoms with Crippen LogP contribution in [0.3, 0.4) is 0 Å². The van der Waals surface area contributed by atoms with Crippen molar-refractivity contribution in [3.8, 4) is 17.2 Å². The Hall–Kier alpha value is -2.40. The van der Waals surface area contributed by atoms with Gasteiger partial charge in [0.15, 0.2) is 11.5 Å². The standard InChI is InChI=1S/C22H24ClNO4/c1-27-19-5-2-4-13(20(19)25)10-16(21(24)26)17-12-22(8-3-9-22)28-18-7-6-14(23)11-15(17)18/h2,4-7,11,16-17,25H,3,8-10,12H2,1H3,(H2,24,26). The van der Waals surface area contributed by atoms with Gasteiger partial charge in [-0.15, -0.1) is 0 Å².